The molecule has 6 heteroatoms. The summed E-state index contributed by atoms with van der Waals surface area (Å²) in [4.78, 5) is 12.6. The van der Waals surface area contributed by atoms with E-state index in [9.17, 15) is 4.79 Å². The van der Waals surface area contributed by atoms with E-state index in [1.165, 1.54) is 0 Å². The summed E-state index contributed by atoms with van der Waals surface area (Å²) in [7, 11) is 0. The van der Waals surface area contributed by atoms with Crippen molar-refractivity contribution in [3.05, 3.63) is 69.3 Å². The zero-order chi connectivity index (χ0) is 16.4. The van der Waals surface area contributed by atoms with Crippen LogP contribution in [0.15, 0.2) is 57.5 Å². The van der Waals surface area contributed by atoms with E-state index in [-0.39, 0.29) is 5.91 Å². The molecule has 3 rings (SSSR count). The first-order chi connectivity index (χ1) is 11.0. The third kappa shape index (κ3) is 3.46. The summed E-state index contributed by atoms with van der Waals surface area (Å²) in [5.74, 6) is 0.193. The van der Waals surface area contributed by atoms with Gasteiger partial charge in [-0.1, -0.05) is 44.8 Å². The van der Waals surface area contributed by atoms with Gasteiger partial charge in [-0.05, 0) is 43.3 Å². The molecule has 0 radical (unpaired) electrons. The highest BCUT2D eigenvalue weighted by Crippen LogP contribution is 2.27. The van der Waals surface area contributed by atoms with E-state index in [1.807, 2.05) is 24.3 Å². The molecule has 1 N–H and O–H groups in total. The van der Waals surface area contributed by atoms with Gasteiger partial charge < -0.3 is 9.84 Å². The number of nitrogens with zero attached hydrogens (tertiary/aromatic N) is 1. The minimum Gasteiger partial charge on any atom is -0.360 e. The average Bonchev–Trinajstić information content (AvgIpc) is 2.92. The van der Waals surface area contributed by atoms with E-state index in [2.05, 4.69) is 26.4 Å². The molecule has 0 aliphatic rings. The van der Waals surface area contributed by atoms with Crippen LogP contribution in [0, 0.1) is 6.92 Å². The number of carbonyl (C=O) groups excluding carboxylic acids is 1. The van der Waals surface area contributed by atoms with Gasteiger partial charge in [0.15, 0.2) is 0 Å². The maximum atomic E-state index is 12.6. The summed E-state index contributed by atoms with van der Waals surface area (Å²) in [6.07, 6.45) is 0. The van der Waals surface area contributed by atoms with Gasteiger partial charge in [0.25, 0.3) is 5.91 Å². The molecule has 0 unspecified atom stereocenters. The predicted octanol–water partition coefficient (Wildman–Crippen LogP) is 5.32. The molecule has 23 heavy (non-hydrogen) atoms. The molecule has 0 saturated heterocycles. The molecule has 0 aliphatic carbocycles. The Morgan fingerprint density at radius 1 is 1.13 bits per heavy atom. The molecule has 4 nitrogen and oxygen atoms in total. The average molecular weight is 392 g/mol. The molecular formula is C17H12BrClN2O2. The fraction of sp³-hybridized carbons (Fsp3) is 0.0588. The smallest absolute Gasteiger partial charge is 0.261 e. The molecule has 0 spiro atoms. The van der Waals surface area contributed by atoms with Crippen LogP contribution >= 0.6 is 27.5 Å². The van der Waals surface area contributed by atoms with Gasteiger partial charge in [0.2, 0.25) is 0 Å². The van der Waals surface area contributed by atoms with Crippen molar-refractivity contribution in [2.75, 3.05) is 5.32 Å². The van der Waals surface area contributed by atoms with Gasteiger partial charge in [0.05, 0.1) is 0 Å². The fourth-order valence-electron chi connectivity index (χ4n) is 2.17. The summed E-state index contributed by atoms with van der Waals surface area (Å²) in [5.41, 5.74) is 2.40. The van der Waals surface area contributed by atoms with Crippen molar-refractivity contribution in [3.8, 4) is 11.3 Å². The lowest BCUT2D eigenvalue weighted by Gasteiger charge is -2.06. The van der Waals surface area contributed by atoms with E-state index in [4.69, 9.17) is 16.1 Å². The number of halogens is 2. The number of aromatic nitrogens is 1. The van der Waals surface area contributed by atoms with E-state index < -0.39 is 0 Å². The van der Waals surface area contributed by atoms with Crippen molar-refractivity contribution >= 4 is 39.1 Å². The molecule has 1 amide bonds. The van der Waals surface area contributed by atoms with Crippen molar-refractivity contribution < 1.29 is 9.32 Å². The van der Waals surface area contributed by atoms with Crippen LogP contribution in [0.25, 0.3) is 11.3 Å². The van der Waals surface area contributed by atoms with Crippen LogP contribution in [-0.4, -0.2) is 11.1 Å². The van der Waals surface area contributed by atoms with Crippen molar-refractivity contribution in [2.45, 2.75) is 6.92 Å². The highest BCUT2D eigenvalue weighted by Gasteiger charge is 2.21. The number of carbonyl (C=O) groups is 1. The Kier molecular flexibility index (Phi) is 4.50. The predicted molar refractivity (Wildman–Crippen MR) is 93.8 cm³/mol. The largest absolute Gasteiger partial charge is 0.360 e. The fourth-order valence-corrected chi connectivity index (χ4v) is 2.56. The Bertz CT molecular complexity index is 842. The Morgan fingerprint density at radius 3 is 2.43 bits per heavy atom. The highest BCUT2D eigenvalue weighted by molar-refractivity contribution is 9.10. The van der Waals surface area contributed by atoms with Crippen LogP contribution in [0.3, 0.4) is 0 Å². The highest BCUT2D eigenvalue weighted by atomic mass is 79.9. The molecule has 0 bridgehead atoms. The second-order valence-corrected chi connectivity index (χ2v) is 6.28. The van der Waals surface area contributed by atoms with E-state index in [1.54, 1.807) is 31.2 Å². The number of hydrogen-bond donors (Lipinski definition) is 1. The van der Waals surface area contributed by atoms with Crippen LogP contribution in [0.5, 0.6) is 0 Å². The number of nitrogens with one attached hydrogen (secondary N) is 1. The van der Waals surface area contributed by atoms with Crippen LogP contribution < -0.4 is 5.32 Å². The minimum atomic E-state index is -0.274. The van der Waals surface area contributed by atoms with E-state index in [0.29, 0.717) is 27.7 Å². The monoisotopic (exact) mass is 390 g/mol. The summed E-state index contributed by atoms with van der Waals surface area (Å²) in [6.45, 7) is 1.71. The second kappa shape index (κ2) is 6.56. The SMILES string of the molecule is Cc1onc(-c2ccc(Br)cc2)c1C(=O)Nc1ccc(Cl)cc1. The number of rotatable bonds is 3. The Hall–Kier alpha value is -2.11. The standard InChI is InChI=1S/C17H12BrClN2O2/c1-10-15(17(22)20-14-8-6-13(19)7-9-14)16(21-23-10)11-2-4-12(18)5-3-11/h2-9H,1H3,(H,20,22). The maximum absolute atomic E-state index is 12.6. The molecule has 3 aromatic rings. The van der Waals surface area contributed by atoms with Gasteiger partial charge in [-0.2, -0.15) is 0 Å². The Morgan fingerprint density at radius 2 is 1.78 bits per heavy atom. The van der Waals surface area contributed by atoms with Crippen LogP contribution in [0.2, 0.25) is 5.02 Å². The third-order valence-electron chi connectivity index (χ3n) is 3.31. The third-order valence-corrected chi connectivity index (χ3v) is 4.09. The maximum Gasteiger partial charge on any atom is 0.261 e. The lowest BCUT2D eigenvalue weighted by molar-refractivity contribution is 0.102. The van der Waals surface area contributed by atoms with Crippen molar-refractivity contribution in [1.29, 1.82) is 0 Å². The number of anilines is 1. The molecule has 1 aromatic heterocycles. The van der Waals surface area contributed by atoms with Crippen molar-refractivity contribution in [3.63, 3.8) is 0 Å². The summed E-state index contributed by atoms with van der Waals surface area (Å²) < 4.78 is 6.17. The van der Waals surface area contributed by atoms with Gasteiger partial charge in [-0.25, -0.2) is 0 Å². The molecule has 0 fully saturated rings. The second-order valence-electron chi connectivity index (χ2n) is 4.93. The molecule has 116 valence electrons. The quantitative estimate of drug-likeness (QED) is 0.657. The topological polar surface area (TPSA) is 55.1 Å². The van der Waals surface area contributed by atoms with Gasteiger partial charge in [0.1, 0.15) is 17.0 Å². The summed E-state index contributed by atoms with van der Waals surface area (Å²) in [5, 5.41) is 7.46. The Labute approximate surface area is 146 Å². The Balaban J connectivity index is 1.93. The number of benzene rings is 2. The van der Waals surface area contributed by atoms with E-state index in [0.717, 1.165) is 10.0 Å². The van der Waals surface area contributed by atoms with Gasteiger partial charge >= 0.3 is 0 Å². The number of hydrogen-bond acceptors (Lipinski definition) is 3. The first-order valence-corrected chi connectivity index (χ1v) is 8.01. The minimum absolute atomic E-state index is 0.274. The van der Waals surface area contributed by atoms with Crippen LogP contribution in [0.1, 0.15) is 16.1 Å². The molecule has 1 heterocycles. The lowest BCUT2D eigenvalue weighted by Crippen LogP contribution is -2.13. The van der Waals surface area contributed by atoms with Gasteiger partial charge in [-0.15, -0.1) is 0 Å². The first-order valence-electron chi connectivity index (χ1n) is 6.84. The summed E-state index contributed by atoms with van der Waals surface area (Å²) in [6, 6.07) is 14.4. The zero-order valence-corrected chi connectivity index (χ0v) is 14.5. The van der Waals surface area contributed by atoms with Gasteiger partial charge in [0, 0.05) is 20.7 Å². The summed E-state index contributed by atoms with van der Waals surface area (Å²) >= 11 is 9.24. The van der Waals surface area contributed by atoms with E-state index >= 15 is 0 Å². The van der Waals surface area contributed by atoms with Gasteiger partial charge in [-0.3, -0.25) is 4.79 Å². The normalized spacial score (nSPS) is 10.6. The van der Waals surface area contributed by atoms with Crippen LogP contribution in [-0.2, 0) is 0 Å². The zero-order valence-electron chi connectivity index (χ0n) is 12.1. The molecule has 2 aromatic carbocycles. The first kappa shape index (κ1) is 15.8. The number of aryl methyl sites for hydroxylation is 1. The lowest BCUT2D eigenvalue weighted by atomic mass is 10.1. The molecule has 0 saturated carbocycles. The van der Waals surface area contributed by atoms with Crippen molar-refractivity contribution in [1.82, 2.24) is 5.16 Å². The molecule has 0 aliphatic heterocycles. The van der Waals surface area contributed by atoms with Crippen LogP contribution in [0.4, 0.5) is 5.69 Å². The molecular weight excluding hydrogens is 380 g/mol. The number of amides is 1. The molecule has 0 atom stereocenters. The van der Waals surface area contributed by atoms with Crippen molar-refractivity contribution in [2.24, 2.45) is 0 Å².